The molecule has 3 nitrogen and oxygen atoms in total. The Bertz CT molecular complexity index is 504. The Labute approximate surface area is 120 Å². The van der Waals surface area contributed by atoms with E-state index >= 15 is 0 Å². The van der Waals surface area contributed by atoms with E-state index in [-0.39, 0.29) is 34.7 Å². The van der Waals surface area contributed by atoms with Gasteiger partial charge in [0.15, 0.2) is 0 Å². The molecule has 4 fully saturated rings. The van der Waals surface area contributed by atoms with Crippen LogP contribution < -0.4 is 0 Å². The average Bonchev–Trinajstić information content (AvgIpc) is 2.74. The van der Waals surface area contributed by atoms with Crippen molar-refractivity contribution in [1.82, 2.24) is 0 Å². The Hall–Kier alpha value is -0.860. The quantitative estimate of drug-likeness (QED) is 0.725. The summed E-state index contributed by atoms with van der Waals surface area (Å²) in [6.45, 7) is 8.65. The molecule has 1 heterocycles. The third-order valence-electron chi connectivity index (χ3n) is 6.83. The van der Waals surface area contributed by atoms with Crippen molar-refractivity contribution in [3.05, 3.63) is 0 Å². The topological polar surface area (TPSA) is 43.4 Å². The number of carbonyl (C=O) groups is 2. The van der Waals surface area contributed by atoms with Crippen LogP contribution in [-0.2, 0) is 14.3 Å². The van der Waals surface area contributed by atoms with Crippen LogP contribution in [0.1, 0.15) is 47.0 Å². The number of carbonyl (C=O) groups excluding carboxylic acids is 2. The zero-order valence-electron chi connectivity index (χ0n) is 12.8. The second-order valence-electron chi connectivity index (χ2n) is 8.18. The van der Waals surface area contributed by atoms with Crippen LogP contribution >= 0.6 is 0 Å². The van der Waals surface area contributed by atoms with Gasteiger partial charge in [-0.3, -0.25) is 9.59 Å². The normalized spacial score (nSPS) is 49.5. The molecule has 0 bridgehead atoms. The van der Waals surface area contributed by atoms with E-state index in [1.165, 1.54) is 0 Å². The first-order valence-corrected chi connectivity index (χ1v) is 8.13. The highest BCUT2D eigenvalue weighted by Gasteiger charge is 2.93. The fourth-order valence-corrected chi connectivity index (χ4v) is 6.09. The lowest BCUT2D eigenvalue weighted by Gasteiger charge is -2.42. The summed E-state index contributed by atoms with van der Waals surface area (Å²) >= 11 is 0. The lowest BCUT2D eigenvalue weighted by atomic mass is 9.59. The monoisotopic (exact) mass is 276 g/mol. The lowest BCUT2D eigenvalue weighted by Crippen LogP contribution is -2.51. The molecule has 4 rings (SSSR count). The van der Waals surface area contributed by atoms with Gasteiger partial charge >= 0.3 is 5.97 Å². The van der Waals surface area contributed by atoms with Crippen molar-refractivity contribution >= 4 is 11.8 Å². The van der Waals surface area contributed by atoms with E-state index in [1.54, 1.807) is 0 Å². The first kappa shape index (κ1) is 12.8. The van der Waals surface area contributed by atoms with Gasteiger partial charge in [-0.05, 0) is 31.1 Å². The van der Waals surface area contributed by atoms with Crippen molar-refractivity contribution < 1.29 is 14.3 Å². The van der Waals surface area contributed by atoms with Gasteiger partial charge in [-0.25, -0.2) is 0 Å². The van der Waals surface area contributed by atoms with Crippen LogP contribution in [0.2, 0.25) is 0 Å². The summed E-state index contributed by atoms with van der Waals surface area (Å²) in [5, 5.41) is 0. The van der Waals surface area contributed by atoms with Gasteiger partial charge in [0.2, 0.25) is 0 Å². The number of ketones is 1. The molecule has 7 unspecified atom stereocenters. The molecule has 3 heteroatoms. The highest BCUT2D eigenvalue weighted by atomic mass is 16.6. The molecule has 3 saturated carbocycles. The fraction of sp³-hybridized carbons (Fsp3) is 0.882. The summed E-state index contributed by atoms with van der Waals surface area (Å²) in [7, 11) is 0. The molecule has 1 saturated heterocycles. The van der Waals surface area contributed by atoms with Crippen LogP contribution in [0.5, 0.6) is 0 Å². The van der Waals surface area contributed by atoms with E-state index in [0.29, 0.717) is 23.5 Å². The highest BCUT2D eigenvalue weighted by Crippen LogP contribution is 2.87. The van der Waals surface area contributed by atoms with E-state index in [9.17, 15) is 9.59 Å². The number of hydrogen-bond donors (Lipinski definition) is 0. The summed E-state index contributed by atoms with van der Waals surface area (Å²) in [5.41, 5.74) is -0.367. The zero-order valence-corrected chi connectivity index (χ0v) is 12.8. The predicted octanol–water partition coefficient (Wildman–Crippen LogP) is 2.83. The molecular formula is C17H24O3. The van der Waals surface area contributed by atoms with Crippen molar-refractivity contribution in [3.63, 3.8) is 0 Å². The number of hydrogen-bond acceptors (Lipinski definition) is 3. The van der Waals surface area contributed by atoms with Crippen molar-refractivity contribution in [2.45, 2.75) is 53.1 Å². The molecule has 7 atom stereocenters. The summed E-state index contributed by atoms with van der Waals surface area (Å²) < 4.78 is 5.48. The Morgan fingerprint density at radius 3 is 2.70 bits per heavy atom. The van der Waals surface area contributed by atoms with E-state index < -0.39 is 0 Å². The van der Waals surface area contributed by atoms with Gasteiger partial charge in [0.25, 0.3) is 0 Å². The molecule has 0 amide bonds. The van der Waals surface area contributed by atoms with Crippen molar-refractivity contribution in [3.8, 4) is 0 Å². The smallest absolute Gasteiger partial charge is 0.309 e. The number of fused-ring (bicyclic) bond motifs is 2. The Kier molecular flexibility index (Phi) is 2.23. The van der Waals surface area contributed by atoms with E-state index in [4.69, 9.17) is 4.74 Å². The van der Waals surface area contributed by atoms with E-state index in [1.807, 2.05) is 0 Å². The van der Waals surface area contributed by atoms with Crippen LogP contribution in [0.15, 0.2) is 0 Å². The van der Waals surface area contributed by atoms with Gasteiger partial charge in [0.1, 0.15) is 11.9 Å². The van der Waals surface area contributed by atoms with Gasteiger partial charge in [-0.2, -0.15) is 0 Å². The molecule has 20 heavy (non-hydrogen) atoms. The van der Waals surface area contributed by atoms with Gasteiger partial charge < -0.3 is 4.74 Å². The van der Waals surface area contributed by atoms with Gasteiger partial charge in [-0.15, -0.1) is 0 Å². The molecule has 3 aliphatic carbocycles. The SMILES string of the molecule is CCC(C)(CC(C)C)C(=O)C12C3CC4C(=O)OC(C41)C32. The van der Waals surface area contributed by atoms with E-state index in [0.717, 1.165) is 19.3 Å². The third-order valence-corrected chi connectivity index (χ3v) is 6.83. The molecular weight excluding hydrogens is 252 g/mol. The molecule has 0 spiro atoms. The zero-order chi connectivity index (χ0) is 14.4. The van der Waals surface area contributed by atoms with Crippen LogP contribution in [0.4, 0.5) is 0 Å². The minimum Gasteiger partial charge on any atom is -0.461 e. The Balaban J connectivity index is 1.64. The highest BCUT2D eigenvalue weighted by molar-refractivity contribution is 5.98. The van der Waals surface area contributed by atoms with Crippen molar-refractivity contribution in [2.75, 3.05) is 0 Å². The standard InChI is InChI=1S/C17H24O3/c1-5-16(4,7-8(2)3)15(19)17-10-6-9-11(17)13(12(10)17)20-14(9)18/h8-13H,5-7H2,1-4H3. The van der Waals surface area contributed by atoms with Gasteiger partial charge in [0, 0.05) is 22.7 Å². The minimum atomic E-state index is -0.216. The Morgan fingerprint density at radius 2 is 2.15 bits per heavy atom. The molecule has 4 aliphatic rings. The maximum atomic E-state index is 13.3. The first-order valence-electron chi connectivity index (χ1n) is 8.13. The molecule has 0 aromatic heterocycles. The van der Waals surface area contributed by atoms with Crippen LogP contribution in [-0.4, -0.2) is 17.9 Å². The lowest BCUT2D eigenvalue weighted by molar-refractivity contribution is -0.152. The second kappa shape index (κ2) is 3.48. The van der Waals surface area contributed by atoms with Gasteiger partial charge in [-0.1, -0.05) is 27.7 Å². The predicted molar refractivity (Wildman–Crippen MR) is 73.8 cm³/mol. The van der Waals surface area contributed by atoms with Gasteiger partial charge in [0.05, 0.1) is 5.92 Å². The molecule has 0 N–H and O–H groups in total. The van der Waals surface area contributed by atoms with Crippen LogP contribution in [0, 0.1) is 40.4 Å². The summed E-state index contributed by atoms with van der Waals surface area (Å²) in [4.78, 5) is 25.1. The molecule has 1 aliphatic heterocycles. The largest absolute Gasteiger partial charge is 0.461 e. The fourth-order valence-electron chi connectivity index (χ4n) is 6.09. The van der Waals surface area contributed by atoms with Crippen molar-refractivity contribution in [1.29, 1.82) is 0 Å². The third kappa shape index (κ3) is 1.12. The first-order chi connectivity index (χ1) is 9.37. The minimum absolute atomic E-state index is 0.0262. The van der Waals surface area contributed by atoms with E-state index in [2.05, 4.69) is 27.7 Å². The number of ether oxygens (including phenoxy) is 1. The van der Waals surface area contributed by atoms with Crippen molar-refractivity contribution in [2.24, 2.45) is 40.4 Å². The molecule has 0 aromatic rings. The maximum Gasteiger partial charge on any atom is 0.309 e. The molecule has 110 valence electrons. The van der Waals surface area contributed by atoms with Crippen LogP contribution in [0.25, 0.3) is 0 Å². The number of esters is 1. The Morgan fingerprint density at radius 1 is 1.45 bits per heavy atom. The summed E-state index contributed by atoms with van der Waals surface area (Å²) in [6.07, 6.45) is 2.87. The second-order valence-corrected chi connectivity index (χ2v) is 8.18. The molecule has 0 radical (unpaired) electrons. The summed E-state index contributed by atoms with van der Waals surface area (Å²) in [5.74, 6) is 2.07. The average molecular weight is 276 g/mol. The summed E-state index contributed by atoms with van der Waals surface area (Å²) in [6, 6.07) is 0. The van der Waals surface area contributed by atoms with Crippen LogP contribution in [0.3, 0.4) is 0 Å². The molecule has 0 aromatic carbocycles. The number of rotatable bonds is 5. The number of Topliss-reactive ketones (excluding diaryl/α,β-unsaturated/α-hetero) is 1. The maximum absolute atomic E-state index is 13.3.